The molecule has 1 aromatic heterocycles. The molecule has 0 spiro atoms. The highest BCUT2D eigenvalue weighted by Gasteiger charge is 2.34. The molecule has 0 aromatic carbocycles. The second kappa shape index (κ2) is 4.90. The lowest BCUT2D eigenvalue weighted by atomic mass is 9.93. The quantitative estimate of drug-likeness (QED) is 0.819. The Morgan fingerprint density at radius 2 is 2.06 bits per heavy atom. The number of carbonyl (C=O) groups excluding carboxylic acids is 1. The van der Waals surface area contributed by atoms with E-state index in [0.29, 0.717) is 11.7 Å². The van der Waals surface area contributed by atoms with Crippen LogP contribution in [0.1, 0.15) is 44.9 Å². The van der Waals surface area contributed by atoms with Gasteiger partial charge in [-0.3, -0.25) is 4.79 Å². The van der Waals surface area contributed by atoms with Crippen LogP contribution in [-0.4, -0.2) is 23.0 Å². The van der Waals surface area contributed by atoms with Crippen molar-refractivity contribution in [1.29, 1.82) is 0 Å². The Balaban J connectivity index is 3.04. The molecule has 17 heavy (non-hydrogen) atoms. The molecule has 1 N–H and O–H groups in total. The van der Waals surface area contributed by atoms with Gasteiger partial charge in [-0.25, -0.2) is 4.98 Å². The molecule has 0 saturated carbocycles. The first kappa shape index (κ1) is 13.7. The summed E-state index contributed by atoms with van der Waals surface area (Å²) in [6.07, 6.45) is 0.916. The number of esters is 1. The van der Waals surface area contributed by atoms with E-state index >= 15 is 0 Å². The highest BCUT2D eigenvalue weighted by Crippen LogP contribution is 2.24. The van der Waals surface area contributed by atoms with Gasteiger partial charge < -0.3 is 9.72 Å². The number of hydrogen-bond donors (Lipinski definition) is 1. The van der Waals surface area contributed by atoms with Gasteiger partial charge in [0.25, 0.3) is 0 Å². The molecule has 1 heterocycles. The Labute approximate surface area is 103 Å². The van der Waals surface area contributed by atoms with Crippen molar-refractivity contribution in [3.05, 3.63) is 17.2 Å². The average Bonchev–Trinajstić information content (AvgIpc) is 2.59. The van der Waals surface area contributed by atoms with E-state index in [4.69, 9.17) is 4.74 Å². The number of nitrogens with one attached hydrogen (secondary N) is 1. The summed E-state index contributed by atoms with van der Waals surface area (Å²) in [7, 11) is 1.40. The Morgan fingerprint density at radius 3 is 2.53 bits per heavy atom. The van der Waals surface area contributed by atoms with Crippen LogP contribution in [0.3, 0.4) is 0 Å². The summed E-state index contributed by atoms with van der Waals surface area (Å²) in [6, 6.07) is 0. The summed E-state index contributed by atoms with van der Waals surface area (Å²) in [6.45, 7) is 9.92. The largest absolute Gasteiger partial charge is 0.468 e. The van der Waals surface area contributed by atoms with Crippen LogP contribution in [0.2, 0.25) is 0 Å². The minimum atomic E-state index is -0.727. The normalized spacial score (nSPS) is 11.9. The Bertz CT molecular complexity index is 406. The summed E-state index contributed by atoms with van der Waals surface area (Å²) < 4.78 is 4.80. The van der Waals surface area contributed by atoms with Gasteiger partial charge in [0.2, 0.25) is 0 Å². The molecule has 1 aromatic rings. The number of aryl methyl sites for hydroxylation is 1. The number of ether oxygens (including phenoxy) is 1. The van der Waals surface area contributed by atoms with Gasteiger partial charge in [0.05, 0.1) is 12.8 Å². The van der Waals surface area contributed by atoms with Crippen LogP contribution in [0.4, 0.5) is 0 Å². The van der Waals surface area contributed by atoms with Gasteiger partial charge in [0.1, 0.15) is 11.2 Å². The first-order chi connectivity index (χ1) is 7.78. The number of rotatable bonds is 4. The molecule has 0 aliphatic carbocycles. The van der Waals surface area contributed by atoms with Crippen LogP contribution in [-0.2, 0) is 21.4 Å². The number of nitrogens with zero attached hydrogens (tertiary/aromatic N) is 1. The lowest BCUT2D eigenvalue weighted by molar-refractivity contribution is -0.146. The number of aromatic nitrogens is 2. The van der Waals surface area contributed by atoms with Gasteiger partial charge in [0, 0.05) is 5.69 Å². The van der Waals surface area contributed by atoms with E-state index in [-0.39, 0.29) is 5.97 Å². The number of carbonyl (C=O) groups is 1. The molecule has 4 nitrogen and oxygen atoms in total. The molecule has 0 fully saturated rings. The summed E-state index contributed by atoms with van der Waals surface area (Å²) in [5.41, 5.74) is 1.34. The third-order valence-electron chi connectivity index (χ3n) is 2.87. The number of hydrogen-bond acceptors (Lipinski definition) is 3. The van der Waals surface area contributed by atoms with Crippen LogP contribution in [0.15, 0.2) is 0 Å². The van der Waals surface area contributed by atoms with Crippen molar-refractivity contribution < 1.29 is 9.53 Å². The molecule has 0 aliphatic heterocycles. The smallest absolute Gasteiger partial charge is 0.318 e. The van der Waals surface area contributed by atoms with Crippen molar-refractivity contribution >= 4 is 5.97 Å². The molecule has 0 bridgehead atoms. The minimum Gasteiger partial charge on any atom is -0.468 e. The van der Waals surface area contributed by atoms with Crippen molar-refractivity contribution in [3.8, 4) is 0 Å². The summed E-state index contributed by atoms with van der Waals surface area (Å²) in [4.78, 5) is 19.4. The molecule has 4 heteroatoms. The number of methoxy groups -OCH3 is 1. The molecule has 0 unspecified atom stereocenters. The van der Waals surface area contributed by atoms with Crippen molar-refractivity contribution in [1.82, 2.24) is 9.97 Å². The van der Waals surface area contributed by atoms with Gasteiger partial charge in [-0.1, -0.05) is 13.8 Å². The van der Waals surface area contributed by atoms with Crippen molar-refractivity contribution in [2.45, 2.75) is 46.5 Å². The Hall–Kier alpha value is -1.32. The zero-order valence-corrected chi connectivity index (χ0v) is 11.5. The van der Waals surface area contributed by atoms with Crippen molar-refractivity contribution in [3.63, 3.8) is 0 Å². The third kappa shape index (κ3) is 2.87. The molecule has 0 radical (unpaired) electrons. The Kier molecular flexibility index (Phi) is 3.96. The maximum absolute atomic E-state index is 11.7. The monoisotopic (exact) mass is 238 g/mol. The molecule has 0 saturated heterocycles. The number of aromatic amines is 1. The van der Waals surface area contributed by atoms with Crippen molar-refractivity contribution in [2.75, 3.05) is 7.11 Å². The van der Waals surface area contributed by atoms with Crippen LogP contribution >= 0.6 is 0 Å². The van der Waals surface area contributed by atoms with Gasteiger partial charge in [-0.05, 0) is 33.1 Å². The summed E-state index contributed by atoms with van der Waals surface area (Å²) in [5, 5.41) is 0. The van der Waals surface area contributed by atoms with E-state index in [9.17, 15) is 4.79 Å². The van der Waals surface area contributed by atoms with Crippen LogP contribution in [0.5, 0.6) is 0 Å². The fourth-order valence-corrected chi connectivity index (χ4v) is 1.73. The zero-order chi connectivity index (χ0) is 13.2. The zero-order valence-electron chi connectivity index (χ0n) is 11.5. The SMILES string of the molecule is COC(=O)C(C)(C)c1nc(CC(C)C)c(C)[nH]1. The molecule has 0 amide bonds. The lowest BCUT2D eigenvalue weighted by Gasteiger charge is -2.18. The first-order valence-electron chi connectivity index (χ1n) is 5.93. The van der Waals surface area contributed by atoms with E-state index in [2.05, 4.69) is 23.8 Å². The van der Waals surface area contributed by atoms with Gasteiger partial charge in [-0.2, -0.15) is 0 Å². The minimum absolute atomic E-state index is 0.276. The highest BCUT2D eigenvalue weighted by molar-refractivity contribution is 5.80. The van der Waals surface area contributed by atoms with Crippen LogP contribution < -0.4 is 0 Å². The maximum Gasteiger partial charge on any atom is 0.318 e. The fourth-order valence-electron chi connectivity index (χ4n) is 1.73. The lowest BCUT2D eigenvalue weighted by Crippen LogP contribution is -2.31. The molecular weight excluding hydrogens is 216 g/mol. The second-order valence-electron chi connectivity index (χ2n) is 5.37. The predicted octanol–water partition coefficient (Wildman–Crippen LogP) is 2.37. The van der Waals surface area contributed by atoms with Crippen LogP contribution in [0, 0.1) is 12.8 Å². The maximum atomic E-state index is 11.7. The van der Waals surface area contributed by atoms with Gasteiger partial charge in [0.15, 0.2) is 0 Å². The van der Waals surface area contributed by atoms with Gasteiger partial charge >= 0.3 is 5.97 Å². The molecule has 0 aliphatic rings. The topological polar surface area (TPSA) is 55.0 Å². The van der Waals surface area contributed by atoms with Crippen molar-refractivity contribution in [2.24, 2.45) is 5.92 Å². The van der Waals surface area contributed by atoms with E-state index < -0.39 is 5.41 Å². The summed E-state index contributed by atoms with van der Waals surface area (Å²) in [5.74, 6) is 0.950. The highest BCUT2D eigenvalue weighted by atomic mass is 16.5. The average molecular weight is 238 g/mol. The van der Waals surface area contributed by atoms with E-state index in [1.807, 2.05) is 20.8 Å². The first-order valence-corrected chi connectivity index (χ1v) is 5.93. The molecular formula is C13H22N2O2. The number of H-pyrrole nitrogens is 1. The van der Waals surface area contributed by atoms with Crippen LogP contribution in [0.25, 0.3) is 0 Å². The number of imidazole rings is 1. The molecule has 1 rings (SSSR count). The predicted molar refractivity (Wildman–Crippen MR) is 66.9 cm³/mol. The molecule has 0 atom stereocenters. The molecule has 96 valence electrons. The third-order valence-corrected chi connectivity index (χ3v) is 2.87. The summed E-state index contributed by atoms with van der Waals surface area (Å²) >= 11 is 0. The van der Waals surface area contributed by atoms with Gasteiger partial charge in [-0.15, -0.1) is 0 Å². The fraction of sp³-hybridized carbons (Fsp3) is 0.692. The Morgan fingerprint density at radius 1 is 1.47 bits per heavy atom. The standard InChI is InChI=1S/C13H22N2O2/c1-8(2)7-10-9(3)14-11(15-10)13(4,5)12(16)17-6/h8H,7H2,1-6H3,(H,14,15). The van der Waals surface area contributed by atoms with E-state index in [0.717, 1.165) is 17.8 Å². The van der Waals surface area contributed by atoms with E-state index in [1.165, 1.54) is 7.11 Å². The van der Waals surface area contributed by atoms with E-state index in [1.54, 1.807) is 0 Å². The second-order valence-corrected chi connectivity index (χ2v) is 5.37.